The number of benzene rings is 1. The molecule has 0 saturated carbocycles. The zero-order valence-corrected chi connectivity index (χ0v) is 9.96. The second-order valence-electron chi connectivity index (χ2n) is 3.03. The maximum absolute atomic E-state index is 10.7. The van der Waals surface area contributed by atoms with Gasteiger partial charge in [-0.3, -0.25) is 0 Å². The molecule has 0 spiro atoms. The lowest BCUT2D eigenvalue weighted by molar-refractivity contribution is 0.595. The minimum Gasteiger partial charge on any atom is -0.229 e. The minimum atomic E-state index is -3.36. The van der Waals surface area contributed by atoms with E-state index in [0.29, 0.717) is 6.42 Å². The van der Waals surface area contributed by atoms with Crippen molar-refractivity contribution in [1.29, 1.82) is 0 Å². The normalized spacial score (nSPS) is 13.9. The van der Waals surface area contributed by atoms with E-state index < -0.39 is 10.0 Å². The van der Waals surface area contributed by atoms with Crippen molar-refractivity contribution in [1.82, 2.24) is 0 Å². The van der Waals surface area contributed by atoms with Crippen molar-refractivity contribution in [3.05, 3.63) is 35.9 Å². The van der Waals surface area contributed by atoms with Crippen LogP contribution in [-0.4, -0.2) is 14.2 Å². The molecule has 0 fully saturated rings. The van der Waals surface area contributed by atoms with Crippen LogP contribution in [0.15, 0.2) is 30.3 Å². The van der Waals surface area contributed by atoms with Crippen LogP contribution in [0.5, 0.6) is 0 Å². The Morgan fingerprint density at radius 2 is 1.86 bits per heavy atom. The molecule has 0 aromatic heterocycles. The van der Waals surface area contributed by atoms with Crippen LogP contribution in [0.25, 0.3) is 0 Å². The van der Waals surface area contributed by atoms with Crippen molar-refractivity contribution in [2.45, 2.75) is 11.2 Å². The number of rotatable bonds is 4. The molecule has 0 bridgehead atoms. The van der Waals surface area contributed by atoms with E-state index in [4.69, 9.17) is 5.14 Å². The molecule has 78 valence electrons. The van der Waals surface area contributed by atoms with Gasteiger partial charge in [-0.15, -0.1) is 0 Å². The fourth-order valence-electron chi connectivity index (χ4n) is 1.10. The summed E-state index contributed by atoms with van der Waals surface area (Å²) in [6.45, 7) is 0. The van der Waals surface area contributed by atoms with E-state index in [1.165, 1.54) is 0 Å². The van der Waals surface area contributed by atoms with Gasteiger partial charge in [-0.1, -0.05) is 46.3 Å². The Labute approximate surface area is 92.5 Å². The average Bonchev–Trinajstić information content (AvgIpc) is 2.14. The lowest BCUT2D eigenvalue weighted by Crippen LogP contribution is -2.17. The fraction of sp³-hybridized carbons (Fsp3) is 0.333. The molecule has 0 heterocycles. The molecule has 0 radical (unpaired) electrons. The third kappa shape index (κ3) is 4.21. The molecule has 3 nitrogen and oxygen atoms in total. The second kappa shape index (κ2) is 4.91. The van der Waals surface area contributed by atoms with Gasteiger partial charge in [0, 0.05) is 4.83 Å². The van der Waals surface area contributed by atoms with Crippen LogP contribution in [0, 0.1) is 0 Å². The molecule has 0 amide bonds. The van der Waals surface area contributed by atoms with Crippen LogP contribution in [-0.2, 0) is 10.0 Å². The first kappa shape index (κ1) is 11.7. The molecule has 2 N–H and O–H groups in total. The van der Waals surface area contributed by atoms with E-state index in [-0.39, 0.29) is 10.6 Å². The lowest BCUT2D eigenvalue weighted by Gasteiger charge is -2.08. The highest BCUT2D eigenvalue weighted by Crippen LogP contribution is 2.25. The third-order valence-electron chi connectivity index (χ3n) is 1.82. The first-order valence-corrected chi connectivity index (χ1v) is 6.81. The summed E-state index contributed by atoms with van der Waals surface area (Å²) >= 11 is 3.42. The van der Waals surface area contributed by atoms with Crippen LogP contribution in [0.3, 0.4) is 0 Å². The highest BCUT2D eigenvalue weighted by atomic mass is 79.9. The maximum Gasteiger partial charge on any atom is 0.209 e. The van der Waals surface area contributed by atoms with Crippen molar-refractivity contribution in [3.8, 4) is 0 Å². The summed E-state index contributed by atoms with van der Waals surface area (Å²) in [5.74, 6) is -0.00217. The number of hydrogen-bond donors (Lipinski definition) is 1. The zero-order chi connectivity index (χ0) is 10.6. The van der Waals surface area contributed by atoms with Gasteiger partial charge in [-0.2, -0.15) is 0 Å². The molecule has 5 heteroatoms. The third-order valence-corrected chi connectivity index (χ3v) is 3.61. The molecule has 0 saturated heterocycles. The Hall–Kier alpha value is -0.390. The molecule has 0 aliphatic carbocycles. The molecule has 14 heavy (non-hydrogen) atoms. The number of primary sulfonamides is 1. The van der Waals surface area contributed by atoms with Gasteiger partial charge in [0.1, 0.15) is 0 Å². The fourth-order valence-corrected chi connectivity index (χ4v) is 2.50. The first-order valence-electron chi connectivity index (χ1n) is 4.18. The van der Waals surface area contributed by atoms with Gasteiger partial charge in [-0.05, 0) is 12.0 Å². The van der Waals surface area contributed by atoms with Crippen molar-refractivity contribution < 1.29 is 8.42 Å². The smallest absolute Gasteiger partial charge is 0.209 e. The van der Waals surface area contributed by atoms with Gasteiger partial charge in [0.05, 0.1) is 5.75 Å². The largest absolute Gasteiger partial charge is 0.229 e. The van der Waals surface area contributed by atoms with Crippen molar-refractivity contribution in [2.75, 3.05) is 5.75 Å². The van der Waals surface area contributed by atoms with Crippen LogP contribution < -0.4 is 5.14 Å². The number of hydrogen-bond acceptors (Lipinski definition) is 2. The molecular formula is C9H12BrNO2S. The highest BCUT2D eigenvalue weighted by Gasteiger charge is 2.10. The van der Waals surface area contributed by atoms with Crippen LogP contribution in [0.2, 0.25) is 0 Å². The predicted molar refractivity (Wildman–Crippen MR) is 60.7 cm³/mol. The molecule has 1 aromatic rings. The van der Waals surface area contributed by atoms with E-state index in [2.05, 4.69) is 15.9 Å². The standard InChI is InChI=1S/C9H12BrNO2S/c10-9(6-7-14(11,12)13)8-4-2-1-3-5-8/h1-5,9H,6-7H2,(H2,11,12,13). The van der Waals surface area contributed by atoms with Crippen LogP contribution >= 0.6 is 15.9 Å². The molecule has 1 aromatic carbocycles. The summed E-state index contributed by atoms with van der Waals surface area (Å²) in [5.41, 5.74) is 1.07. The molecule has 0 aliphatic rings. The first-order chi connectivity index (χ1) is 6.49. The van der Waals surface area contributed by atoms with Gasteiger partial charge in [0.25, 0.3) is 0 Å². The van der Waals surface area contributed by atoms with E-state index in [9.17, 15) is 8.42 Å². The predicted octanol–water partition coefficient (Wildman–Crippen LogP) is 1.80. The van der Waals surface area contributed by atoms with E-state index in [1.807, 2.05) is 30.3 Å². The summed E-state index contributed by atoms with van der Waals surface area (Å²) in [5, 5.41) is 4.91. The summed E-state index contributed by atoms with van der Waals surface area (Å²) in [7, 11) is -3.36. The quantitative estimate of drug-likeness (QED) is 0.854. The Bertz CT molecular complexity index is 377. The topological polar surface area (TPSA) is 60.2 Å². The Morgan fingerprint density at radius 3 is 2.36 bits per heavy atom. The van der Waals surface area contributed by atoms with Crippen LogP contribution in [0.1, 0.15) is 16.8 Å². The lowest BCUT2D eigenvalue weighted by atomic mass is 10.1. The monoisotopic (exact) mass is 277 g/mol. The van der Waals surface area contributed by atoms with Crippen molar-refractivity contribution in [3.63, 3.8) is 0 Å². The van der Waals surface area contributed by atoms with Crippen molar-refractivity contribution in [2.24, 2.45) is 5.14 Å². The number of sulfonamides is 1. The number of nitrogens with two attached hydrogens (primary N) is 1. The molecule has 0 aliphatic heterocycles. The Balaban J connectivity index is 2.56. The molecule has 1 atom stereocenters. The van der Waals surface area contributed by atoms with Gasteiger partial charge in [0.15, 0.2) is 0 Å². The zero-order valence-electron chi connectivity index (χ0n) is 7.56. The van der Waals surface area contributed by atoms with Gasteiger partial charge in [-0.25, -0.2) is 13.6 Å². The van der Waals surface area contributed by atoms with E-state index in [0.717, 1.165) is 5.56 Å². The van der Waals surface area contributed by atoms with Gasteiger partial charge >= 0.3 is 0 Å². The Kier molecular flexibility index (Phi) is 4.10. The van der Waals surface area contributed by atoms with E-state index >= 15 is 0 Å². The van der Waals surface area contributed by atoms with Gasteiger partial charge in [0.2, 0.25) is 10.0 Å². The van der Waals surface area contributed by atoms with Crippen molar-refractivity contribution >= 4 is 26.0 Å². The summed E-state index contributed by atoms with van der Waals surface area (Å²) < 4.78 is 21.4. The SMILES string of the molecule is NS(=O)(=O)CCC(Br)c1ccccc1. The minimum absolute atomic E-state index is 0.00217. The molecule has 1 rings (SSSR count). The Morgan fingerprint density at radius 1 is 1.29 bits per heavy atom. The number of halogens is 1. The van der Waals surface area contributed by atoms with Crippen LogP contribution in [0.4, 0.5) is 0 Å². The molecular weight excluding hydrogens is 266 g/mol. The number of alkyl halides is 1. The van der Waals surface area contributed by atoms with E-state index in [1.54, 1.807) is 0 Å². The average molecular weight is 278 g/mol. The second-order valence-corrected chi connectivity index (χ2v) is 5.87. The summed E-state index contributed by atoms with van der Waals surface area (Å²) in [4.78, 5) is 0.0435. The summed E-state index contributed by atoms with van der Waals surface area (Å²) in [6.07, 6.45) is 0.489. The highest BCUT2D eigenvalue weighted by molar-refractivity contribution is 9.09. The maximum atomic E-state index is 10.7. The van der Waals surface area contributed by atoms with Gasteiger partial charge < -0.3 is 0 Å². The molecule has 1 unspecified atom stereocenters. The summed E-state index contributed by atoms with van der Waals surface area (Å²) in [6, 6.07) is 9.65.